The van der Waals surface area contributed by atoms with Crippen molar-refractivity contribution in [3.05, 3.63) is 47.8 Å². The largest absolute Gasteiger partial charge is 0.495 e. The van der Waals surface area contributed by atoms with Crippen molar-refractivity contribution in [2.75, 3.05) is 26.5 Å². The monoisotopic (exact) mass is 484 g/mol. The Morgan fingerprint density at radius 2 is 1.88 bits per heavy atom. The molecule has 0 unspecified atom stereocenters. The number of halogens is 3. The molecular formula is C21H23F3N4O4S. The first-order valence-corrected chi connectivity index (χ1v) is 11.2. The standard InChI is InChI=1S/C21H23F3N4O4S/c1-13-5-8-18(32-4)16(11-13)25-19(29)9-10-28-17-7-6-14(33(30,31)27(2)3)12-15(17)26-20(28)21(22,23)24/h5-8,11-12H,9-10H2,1-4H3,(H,25,29). The topological polar surface area (TPSA) is 93.5 Å². The maximum absolute atomic E-state index is 13.6. The maximum atomic E-state index is 13.6. The summed E-state index contributed by atoms with van der Waals surface area (Å²) in [6, 6.07) is 8.73. The van der Waals surface area contributed by atoms with Gasteiger partial charge in [-0.05, 0) is 42.8 Å². The predicted octanol–water partition coefficient (Wildman–Crippen LogP) is 3.65. The number of rotatable bonds is 7. The van der Waals surface area contributed by atoms with Crippen LogP contribution in [0.1, 0.15) is 17.8 Å². The van der Waals surface area contributed by atoms with Crippen molar-refractivity contribution >= 4 is 32.7 Å². The lowest BCUT2D eigenvalue weighted by Gasteiger charge is -2.14. The van der Waals surface area contributed by atoms with E-state index in [0.717, 1.165) is 20.5 Å². The number of carbonyl (C=O) groups excluding carboxylic acids is 1. The normalized spacial score (nSPS) is 12.4. The van der Waals surface area contributed by atoms with E-state index in [9.17, 15) is 26.4 Å². The van der Waals surface area contributed by atoms with E-state index < -0.39 is 27.9 Å². The zero-order valence-electron chi connectivity index (χ0n) is 18.4. The maximum Gasteiger partial charge on any atom is 0.449 e. The molecular weight excluding hydrogens is 461 g/mol. The number of imidazole rings is 1. The molecule has 1 aromatic heterocycles. The third-order valence-corrected chi connectivity index (χ3v) is 6.75. The number of methoxy groups -OCH3 is 1. The van der Waals surface area contributed by atoms with Crippen LogP contribution in [0.3, 0.4) is 0 Å². The minimum Gasteiger partial charge on any atom is -0.495 e. The van der Waals surface area contributed by atoms with Crippen LogP contribution in [0, 0.1) is 6.92 Å². The molecule has 1 amide bonds. The molecule has 12 heteroatoms. The molecule has 1 N–H and O–H groups in total. The summed E-state index contributed by atoms with van der Waals surface area (Å²) in [5, 5.41) is 2.65. The summed E-state index contributed by atoms with van der Waals surface area (Å²) in [7, 11) is 0.233. The highest BCUT2D eigenvalue weighted by Crippen LogP contribution is 2.33. The van der Waals surface area contributed by atoms with Gasteiger partial charge in [-0.25, -0.2) is 17.7 Å². The molecule has 0 aliphatic rings. The first kappa shape index (κ1) is 24.5. The molecule has 178 valence electrons. The van der Waals surface area contributed by atoms with E-state index in [0.29, 0.717) is 11.4 Å². The number of fused-ring (bicyclic) bond motifs is 1. The minimum atomic E-state index is -4.80. The van der Waals surface area contributed by atoms with Crippen LogP contribution in [0.5, 0.6) is 5.75 Å². The summed E-state index contributed by atoms with van der Waals surface area (Å²) in [5.74, 6) is -1.30. The average Bonchev–Trinajstić information content (AvgIpc) is 3.10. The first-order valence-electron chi connectivity index (χ1n) is 9.79. The molecule has 0 saturated carbocycles. The Bertz CT molecular complexity index is 1300. The van der Waals surface area contributed by atoms with E-state index in [2.05, 4.69) is 10.3 Å². The summed E-state index contributed by atoms with van der Waals surface area (Å²) >= 11 is 0. The molecule has 0 aliphatic carbocycles. The van der Waals surface area contributed by atoms with Crippen molar-refractivity contribution in [1.29, 1.82) is 0 Å². The molecule has 2 aromatic carbocycles. The van der Waals surface area contributed by atoms with Gasteiger partial charge >= 0.3 is 6.18 Å². The van der Waals surface area contributed by atoms with Gasteiger partial charge in [0.1, 0.15) is 5.75 Å². The molecule has 0 aliphatic heterocycles. The molecule has 0 bridgehead atoms. The minimum absolute atomic E-state index is 0.0703. The van der Waals surface area contributed by atoms with Gasteiger partial charge in [0, 0.05) is 27.1 Å². The number of alkyl halides is 3. The Hall–Kier alpha value is -3.12. The predicted molar refractivity (Wildman–Crippen MR) is 117 cm³/mol. The highest BCUT2D eigenvalue weighted by atomic mass is 32.2. The number of carbonyl (C=O) groups is 1. The number of nitrogens with zero attached hydrogens (tertiary/aromatic N) is 3. The van der Waals surface area contributed by atoms with Gasteiger partial charge in [-0.3, -0.25) is 4.79 Å². The van der Waals surface area contributed by atoms with E-state index in [4.69, 9.17) is 4.74 Å². The van der Waals surface area contributed by atoms with Crippen molar-refractivity contribution < 1.29 is 31.1 Å². The van der Waals surface area contributed by atoms with Crippen molar-refractivity contribution in [2.24, 2.45) is 0 Å². The number of ether oxygens (including phenoxy) is 1. The van der Waals surface area contributed by atoms with Crippen LogP contribution in [0.4, 0.5) is 18.9 Å². The zero-order chi connectivity index (χ0) is 24.6. The molecule has 33 heavy (non-hydrogen) atoms. The van der Waals surface area contributed by atoms with E-state index in [1.807, 2.05) is 6.92 Å². The number of nitrogens with one attached hydrogen (secondary N) is 1. The summed E-state index contributed by atoms with van der Waals surface area (Å²) in [5.41, 5.74) is 1.22. The molecule has 0 spiro atoms. The van der Waals surface area contributed by atoms with Crippen molar-refractivity contribution in [3.8, 4) is 5.75 Å². The third-order valence-electron chi connectivity index (χ3n) is 4.94. The summed E-state index contributed by atoms with van der Waals surface area (Å²) in [6.07, 6.45) is -5.07. The van der Waals surface area contributed by atoms with Crippen LogP contribution in [0.2, 0.25) is 0 Å². The molecule has 1 heterocycles. The number of hydrogen-bond donors (Lipinski definition) is 1. The molecule has 3 rings (SSSR count). The van der Waals surface area contributed by atoms with Gasteiger partial charge in [0.25, 0.3) is 0 Å². The SMILES string of the molecule is COc1ccc(C)cc1NC(=O)CCn1c(C(F)(F)F)nc2cc(S(=O)(=O)N(C)C)ccc21. The number of aryl methyl sites for hydroxylation is 2. The molecule has 0 atom stereocenters. The molecule has 0 fully saturated rings. The fraction of sp³-hybridized carbons (Fsp3) is 0.333. The van der Waals surface area contributed by atoms with Gasteiger partial charge < -0.3 is 14.6 Å². The summed E-state index contributed by atoms with van der Waals surface area (Å²) in [4.78, 5) is 15.9. The van der Waals surface area contributed by atoms with Crippen LogP contribution in [0.15, 0.2) is 41.3 Å². The molecule has 0 radical (unpaired) electrons. The number of amides is 1. The second-order valence-corrected chi connectivity index (χ2v) is 9.68. The third kappa shape index (κ3) is 5.11. The number of aromatic nitrogens is 2. The zero-order valence-corrected chi connectivity index (χ0v) is 19.2. The van der Waals surface area contributed by atoms with Crippen molar-refractivity contribution in [2.45, 2.75) is 31.0 Å². The van der Waals surface area contributed by atoms with Gasteiger partial charge in [0.15, 0.2) is 0 Å². The molecule has 3 aromatic rings. The van der Waals surface area contributed by atoms with Gasteiger partial charge in [-0.1, -0.05) is 6.07 Å². The number of sulfonamides is 1. The van der Waals surface area contributed by atoms with Gasteiger partial charge in [0.05, 0.1) is 28.7 Å². The lowest BCUT2D eigenvalue weighted by Crippen LogP contribution is -2.22. The number of benzene rings is 2. The Morgan fingerprint density at radius 3 is 2.48 bits per heavy atom. The lowest BCUT2D eigenvalue weighted by molar-refractivity contribution is -0.147. The Balaban J connectivity index is 1.92. The molecule has 0 saturated heterocycles. The average molecular weight is 485 g/mol. The van der Waals surface area contributed by atoms with Crippen LogP contribution in [-0.2, 0) is 27.5 Å². The van der Waals surface area contributed by atoms with E-state index in [1.165, 1.54) is 33.3 Å². The molecule has 8 nitrogen and oxygen atoms in total. The second-order valence-electron chi connectivity index (χ2n) is 7.52. The summed E-state index contributed by atoms with van der Waals surface area (Å²) < 4.78 is 72.6. The van der Waals surface area contributed by atoms with Gasteiger partial charge in [0.2, 0.25) is 21.8 Å². The summed E-state index contributed by atoms with van der Waals surface area (Å²) in [6.45, 7) is 1.51. The number of hydrogen-bond acceptors (Lipinski definition) is 5. The van der Waals surface area contributed by atoms with Gasteiger partial charge in [-0.15, -0.1) is 0 Å². The number of anilines is 1. The van der Waals surface area contributed by atoms with Crippen LogP contribution >= 0.6 is 0 Å². The van der Waals surface area contributed by atoms with Gasteiger partial charge in [-0.2, -0.15) is 13.2 Å². The Labute approximate surface area is 189 Å². The second kappa shape index (κ2) is 9.02. The van der Waals surface area contributed by atoms with Crippen molar-refractivity contribution in [1.82, 2.24) is 13.9 Å². The smallest absolute Gasteiger partial charge is 0.449 e. The highest BCUT2D eigenvalue weighted by Gasteiger charge is 2.38. The van der Waals surface area contributed by atoms with Crippen LogP contribution in [-0.4, -0.2) is 49.4 Å². The quantitative estimate of drug-likeness (QED) is 0.553. The Kier molecular flexibility index (Phi) is 6.70. The van der Waals surface area contributed by atoms with E-state index in [1.54, 1.807) is 18.2 Å². The van der Waals surface area contributed by atoms with Crippen LogP contribution in [0.25, 0.3) is 11.0 Å². The fourth-order valence-corrected chi connectivity index (χ4v) is 4.19. The fourth-order valence-electron chi connectivity index (χ4n) is 3.27. The van der Waals surface area contributed by atoms with E-state index >= 15 is 0 Å². The highest BCUT2D eigenvalue weighted by molar-refractivity contribution is 7.89. The van der Waals surface area contributed by atoms with Crippen molar-refractivity contribution in [3.63, 3.8) is 0 Å². The Morgan fingerprint density at radius 1 is 1.18 bits per heavy atom. The first-order chi connectivity index (χ1) is 15.3. The van der Waals surface area contributed by atoms with E-state index in [-0.39, 0.29) is 28.9 Å². The lowest BCUT2D eigenvalue weighted by atomic mass is 10.2. The van der Waals surface area contributed by atoms with Crippen LogP contribution < -0.4 is 10.1 Å².